The van der Waals surface area contributed by atoms with Crippen molar-refractivity contribution in [2.24, 2.45) is 0 Å². The quantitative estimate of drug-likeness (QED) is 0.296. The summed E-state index contributed by atoms with van der Waals surface area (Å²) in [4.78, 5) is 70.8. The van der Waals surface area contributed by atoms with Crippen LogP contribution < -0.4 is 5.32 Å². The first-order chi connectivity index (χ1) is 15.3. The van der Waals surface area contributed by atoms with Gasteiger partial charge in [-0.3, -0.25) is 24.0 Å². The van der Waals surface area contributed by atoms with Gasteiger partial charge in [0.05, 0.1) is 7.11 Å². The van der Waals surface area contributed by atoms with Crippen molar-refractivity contribution in [2.45, 2.75) is 65.1 Å². The molecule has 0 aromatic rings. The molecule has 1 aliphatic heterocycles. The monoisotopic (exact) mass is 473 g/mol. The first-order valence-corrected chi connectivity index (χ1v) is 9.74. The molecule has 13 nitrogen and oxygen atoms in total. The van der Waals surface area contributed by atoms with E-state index in [1.807, 2.05) is 0 Å². The lowest BCUT2D eigenvalue weighted by molar-refractivity contribution is -0.194. The number of nitrogens with one attached hydrogen (secondary N) is 1. The molecular weight excluding hydrogens is 446 g/mol. The van der Waals surface area contributed by atoms with Crippen LogP contribution in [-0.2, 0) is 57.2 Å². The lowest BCUT2D eigenvalue weighted by Crippen LogP contribution is -2.60. The molecule has 0 bridgehead atoms. The number of cyclic esters (lactones) is 1. The average Bonchev–Trinajstić information content (AvgIpc) is 3.05. The third kappa shape index (κ3) is 8.79. The first kappa shape index (κ1) is 27.4. The van der Waals surface area contributed by atoms with Crippen molar-refractivity contribution < 1.29 is 57.2 Å². The van der Waals surface area contributed by atoms with E-state index in [9.17, 15) is 28.8 Å². The summed E-state index contributed by atoms with van der Waals surface area (Å²) in [5.41, 5.74) is 0. The maximum Gasteiger partial charge on any atom is 0.374 e. The molecule has 0 aromatic carbocycles. The van der Waals surface area contributed by atoms with Gasteiger partial charge in [0.25, 0.3) is 0 Å². The average molecular weight is 473 g/mol. The van der Waals surface area contributed by atoms with Gasteiger partial charge in [0, 0.05) is 40.7 Å². The highest BCUT2D eigenvalue weighted by Gasteiger charge is 2.47. The second-order valence-electron chi connectivity index (χ2n) is 6.93. The summed E-state index contributed by atoms with van der Waals surface area (Å²) in [6.45, 7) is 4.83. The summed E-state index contributed by atoms with van der Waals surface area (Å²) < 4.78 is 30.8. The predicted molar refractivity (Wildman–Crippen MR) is 106 cm³/mol. The Morgan fingerprint density at radius 3 is 1.88 bits per heavy atom. The van der Waals surface area contributed by atoms with Gasteiger partial charge in [0.15, 0.2) is 18.3 Å². The highest BCUT2D eigenvalue weighted by molar-refractivity contribution is 5.89. The van der Waals surface area contributed by atoms with E-state index in [-0.39, 0.29) is 5.76 Å². The molecule has 0 unspecified atom stereocenters. The summed E-state index contributed by atoms with van der Waals surface area (Å²) in [5, 5.41) is 2.49. The van der Waals surface area contributed by atoms with Crippen molar-refractivity contribution in [3.8, 4) is 0 Å². The van der Waals surface area contributed by atoms with Gasteiger partial charge in [0.2, 0.25) is 11.7 Å². The van der Waals surface area contributed by atoms with E-state index in [0.29, 0.717) is 0 Å². The second-order valence-corrected chi connectivity index (χ2v) is 6.93. The van der Waals surface area contributed by atoms with Gasteiger partial charge in [-0.2, -0.15) is 0 Å². The maximum absolute atomic E-state index is 12.0. The van der Waals surface area contributed by atoms with E-state index in [1.54, 1.807) is 0 Å². The normalized spacial score (nSPS) is 18.4. The van der Waals surface area contributed by atoms with Crippen molar-refractivity contribution in [2.75, 3.05) is 13.7 Å². The second kappa shape index (κ2) is 12.4. The zero-order valence-electron chi connectivity index (χ0n) is 19.1. The van der Waals surface area contributed by atoms with Crippen LogP contribution in [0.25, 0.3) is 0 Å². The lowest BCUT2D eigenvalue weighted by Gasteiger charge is -2.37. The smallest absolute Gasteiger partial charge is 0.374 e. The highest BCUT2D eigenvalue weighted by atomic mass is 16.6. The van der Waals surface area contributed by atoms with Crippen LogP contribution in [0.5, 0.6) is 0 Å². The van der Waals surface area contributed by atoms with Crippen LogP contribution in [0.3, 0.4) is 0 Å². The summed E-state index contributed by atoms with van der Waals surface area (Å²) >= 11 is 0. The molecule has 1 N–H and O–H groups in total. The molecule has 184 valence electrons. The standard InChI is InChI=1S/C20H27NO12/c1-9(22)21-17(14-7-15(28-6)20(27)33-14)19(32-13(5)26)18(31-12(4)25)16(30-11(3)24)8-29-10(2)23/h7,14,16-19H,8H2,1-6H3,(H,21,22)/t14-,16+,17+,18+,19+/m0/s1. The van der Waals surface area contributed by atoms with E-state index < -0.39 is 72.8 Å². The van der Waals surface area contributed by atoms with Gasteiger partial charge in [-0.1, -0.05) is 0 Å². The Kier molecular flexibility index (Phi) is 10.3. The van der Waals surface area contributed by atoms with Crippen LogP contribution in [0, 0.1) is 0 Å². The van der Waals surface area contributed by atoms with E-state index in [2.05, 4.69) is 5.32 Å². The van der Waals surface area contributed by atoms with Gasteiger partial charge in [-0.25, -0.2) is 4.79 Å². The van der Waals surface area contributed by atoms with E-state index in [4.69, 9.17) is 28.4 Å². The molecule has 1 aliphatic rings. The van der Waals surface area contributed by atoms with Crippen LogP contribution >= 0.6 is 0 Å². The van der Waals surface area contributed by atoms with Crippen molar-refractivity contribution in [3.05, 3.63) is 11.8 Å². The molecule has 33 heavy (non-hydrogen) atoms. The fourth-order valence-electron chi connectivity index (χ4n) is 3.04. The Morgan fingerprint density at radius 2 is 1.45 bits per heavy atom. The Hall–Kier alpha value is -3.64. The van der Waals surface area contributed by atoms with E-state index >= 15 is 0 Å². The minimum Gasteiger partial charge on any atom is -0.490 e. The topological polar surface area (TPSA) is 170 Å². The maximum atomic E-state index is 12.0. The zero-order chi connectivity index (χ0) is 25.3. The van der Waals surface area contributed by atoms with Crippen LogP contribution in [0.4, 0.5) is 0 Å². The van der Waals surface area contributed by atoms with Crippen LogP contribution in [0.1, 0.15) is 34.6 Å². The van der Waals surface area contributed by atoms with Gasteiger partial charge >= 0.3 is 29.8 Å². The van der Waals surface area contributed by atoms with E-state index in [0.717, 1.165) is 34.6 Å². The van der Waals surface area contributed by atoms with Crippen molar-refractivity contribution in [1.82, 2.24) is 5.32 Å². The molecule has 1 rings (SSSR count). The number of rotatable bonds is 11. The third-order valence-corrected chi connectivity index (χ3v) is 4.12. The third-order valence-electron chi connectivity index (χ3n) is 4.12. The summed E-state index contributed by atoms with van der Waals surface area (Å²) in [6.07, 6.45) is -4.56. The van der Waals surface area contributed by atoms with Gasteiger partial charge in [0.1, 0.15) is 18.8 Å². The number of methoxy groups -OCH3 is 1. The minimum atomic E-state index is -1.58. The molecule has 0 saturated carbocycles. The Labute approximate surface area is 189 Å². The predicted octanol–water partition coefficient (Wildman–Crippen LogP) is -0.695. The van der Waals surface area contributed by atoms with Crippen LogP contribution in [0.15, 0.2) is 11.8 Å². The number of amides is 1. The van der Waals surface area contributed by atoms with E-state index in [1.165, 1.54) is 13.2 Å². The number of carbonyl (C=O) groups excluding carboxylic acids is 6. The molecule has 1 amide bonds. The van der Waals surface area contributed by atoms with Gasteiger partial charge < -0.3 is 33.7 Å². The highest BCUT2D eigenvalue weighted by Crippen LogP contribution is 2.25. The summed E-state index contributed by atoms with van der Waals surface area (Å²) in [5.74, 6) is -4.91. The molecule has 0 spiro atoms. The van der Waals surface area contributed by atoms with Gasteiger partial charge in [-0.15, -0.1) is 0 Å². The van der Waals surface area contributed by atoms with Crippen LogP contribution in [0.2, 0.25) is 0 Å². The molecule has 0 fully saturated rings. The molecule has 0 radical (unpaired) electrons. The van der Waals surface area contributed by atoms with Crippen LogP contribution in [-0.4, -0.2) is 79.9 Å². The SMILES string of the molecule is COC1=C[C@@H]([C@@H](NC(C)=O)[C@@H](OC(C)=O)[C@H](OC(C)=O)[C@@H](COC(C)=O)OC(C)=O)OC1=O. The minimum absolute atomic E-state index is 0.169. The largest absolute Gasteiger partial charge is 0.490 e. The van der Waals surface area contributed by atoms with Crippen molar-refractivity contribution in [3.63, 3.8) is 0 Å². The molecule has 1 heterocycles. The number of ether oxygens (including phenoxy) is 6. The molecule has 0 saturated heterocycles. The Morgan fingerprint density at radius 1 is 0.909 bits per heavy atom. The number of esters is 5. The summed E-state index contributed by atoms with van der Waals surface area (Å²) in [6, 6.07) is -1.32. The lowest BCUT2D eigenvalue weighted by atomic mass is 9.95. The van der Waals surface area contributed by atoms with Crippen molar-refractivity contribution in [1.29, 1.82) is 0 Å². The fraction of sp³-hybridized carbons (Fsp3) is 0.600. The first-order valence-electron chi connectivity index (χ1n) is 9.74. The zero-order valence-corrected chi connectivity index (χ0v) is 19.1. The number of hydrogen-bond acceptors (Lipinski definition) is 12. The molecular formula is C20H27NO12. The number of hydrogen-bond donors (Lipinski definition) is 1. The van der Waals surface area contributed by atoms with Crippen molar-refractivity contribution >= 4 is 35.8 Å². The Balaban J connectivity index is 3.55. The molecule has 5 atom stereocenters. The Bertz CT molecular complexity index is 820. The molecule has 0 aliphatic carbocycles. The van der Waals surface area contributed by atoms with Gasteiger partial charge in [-0.05, 0) is 0 Å². The molecule has 0 aromatic heterocycles. The summed E-state index contributed by atoms with van der Waals surface area (Å²) in [7, 11) is 1.23. The fourth-order valence-corrected chi connectivity index (χ4v) is 3.04. The number of carbonyl (C=O) groups is 6. The molecule has 13 heteroatoms.